The molecule has 132 valence electrons. The van der Waals surface area contributed by atoms with Gasteiger partial charge in [-0.25, -0.2) is 21.9 Å². The van der Waals surface area contributed by atoms with E-state index in [0.717, 1.165) is 30.3 Å². The summed E-state index contributed by atoms with van der Waals surface area (Å²) in [5.74, 6) is -2.16. The first-order valence-electron chi connectivity index (χ1n) is 6.91. The van der Waals surface area contributed by atoms with Crippen LogP contribution in [-0.4, -0.2) is 20.9 Å². The summed E-state index contributed by atoms with van der Waals surface area (Å²) in [7, 11) is -4.13. The minimum Gasteiger partial charge on any atom is -0.321 e. The number of amides is 1. The highest BCUT2D eigenvalue weighted by Crippen LogP contribution is 2.24. The van der Waals surface area contributed by atoms with Crippen LogP contribution in [-0.2, 0) is 10.0 Å². The van der Waals surface area contributed by atoms with E-state index in [1.807, 2.05) is 0 Å². The van der Waals surface area contributed by atoms with Crippen molar-refractivity contribution in [2.24, 2.45) is 0 Å². The monoisotopic (exact) mass is 430 g/mol. The van der Waals surface area contributed by atoms with Crippen LogP contribution >= 0.6 is 15.9 Å². The number of nitrogens with one attached hydrogen (secondary N) is 2. The van der Waals surface area contributed by atoms with Gasteiger partial charge in [-0.1, -0.05) is 6.08 Å². The average Bonchev–Trinajstić information content (AvgIpc) is 2.55. The first-order chi connectivity index (χ1) is 11.7. The fourth-order valence-corrected chi connectivity index (χ4v) is 3.43. The Bertz CT molecular complexity index is 933. The van der Waals surface area contributed by atoms with Gasteiger partial charge in [0.15, 0.2) is 0 Å². The van der Waals surface area contributed by atoms with Gasteiger partial charge in [0.2, 0.25) is 10.0 Å². The van der Waals surface area contributed by atoms with Gasteiger partial charge in [0.1, 0.15) is 16.5 Å². The Hall–Kier alpha value is -2.10. The molecule has 0 heterocycles. The molecule has 2 aromatic rings. The van der Waals surface area contributed by atoms with Crippen LogP contribution in [0.15, 0.2) is 58.4 Å². The molecule has 0 aliphatic heterocycles. The number of benzene rings is 2. The number of carbonyl (C=O) groups is 1. The zero-order valence-corrected chi connectivity index (χ0v) is 15.1. The number of sulfonamides is 1. The summed E-state index contributed by atoms with van der Waals surface area (Å²) >= 11 is 3.10. The van der Waals surface area contributed by atoms with Crippen molar-refractivity contribution in [1.82, 2.24) is 4.72 Å². The number of halogens is 3. The maximum Gasteiger partial charge on any atom is 0.255 e. The lowest BCUT2D eigenvalue weighted by Crippen LogP contribution is -2.25. The van der Waals surface area contributed by atoms with Crippen LogP contribution in [0.25, 0.3) is 0 Å². The third-order valence-electron chi connectivity index (χ3n) is 3.08. The molecule has 2 rings (SSSR count). The van der Waals surface area contributed by atoms with E-state index < -0.39 is 32.5 Å². The van der Waals surface area contributed by atoms with Crippen molar-refractivity contribution in [2.75, 3.05) is 11.9 Å². The van der Waals surface area contributed by atoms with E-state index in [2.05, 4.69) is 32.5 Å². The highest BCUT2D eigenvalue weighted by Gasteiger charge is 2.21. The van der Waals surface area contributed by atoms with Gasteiger partial charge in [0.25, 0.3) is 5.91 Å². The lowest BCUT2D eigenvalue weighted by molar-refractivity contribution is 0.102. The first kappa shape index (κ1) is 19.2. The Morgan fingerprint density at radius 3 is 2.56 bits per heavy atom. The standard InChI is InChI=1S/C16H13BrF2N2O3S/c1-2-7-20-25(23,24)15-8-10(3-5-13(15)19)16(22)21-14-6-4-11(18)9-12(14)17/h2-6,8-9,20H,1,7H2,(H,21,22). The Morgan fingerprint density at radius 2 is 1.92 bits per heavy atom. The molecule has 0 radical (unpaired) electrons. The van der Waals surface area contributed by atoms with E-state index in [-0.39, 0.29) is 17.8 Å². The zero-order valence-electron chi connectivity index (χ0n) is 12.7. The van der Waals surface area contributed by atoms with Crippen molar-refractivity contribution in [3.05, 3.63) is 70.7 Å². The minimum atomic E-state index is -4.13. The van der Waals surface area contributed by atoms with Crippen LogP contribution in [0.1, 0.15) is 10.4 Å². The molecular weight excluding hydrogens is 418 g/mol. The summed E-state index contributed by atoms with van der Waals surface area (Å²) in [4.78, 5) is 11.6. The van der Waals surface area contributed by atoms with E-state index in [0.29, 0.717) is 4.47 Å². The zero-order chi connectivity index (χ0) is 18.6. The van der Waals surface area contributed by atoms with Crippen LogP contribution < -0.4 is 10.0 Å². The highest BCUT2D eigenvalue weighted by molar-refractivity contribution is 9.10. The van der Waals surface area contributed by atoms with Crippen molar-refractivity contribution in [2.45, 2.75) is 4.90 Å². The molecular formula is C16H13BrF2N2O3S. The van der Waals surface area contributed by atoms with E-state index in [9.17, 15) is 22.0 Å². The number of hydrogen-bond donors (Lipinski definition) is 2. The van der Waals surface area contributed by atoms with Gasteiger partial charge >= 0.3 is 0 Å². The van der Waals surface area contributed by atoms with E-state index >= 15 is 0 Å². The molecule has 0 aliphatic carbocycles. The summed E-state index contributed by atoms with van der Waals surface area (Å²) in [6, 6.07) is 6.61. The molecule has 0 spiro atoms. The average molecular weight is 431 g/mol. The summed E-state index contributed by atoms with van der Waals surface area (Å²) < 4.78 is 53.5. The minimum absolute atomic E-state index is 0.0726. The normalized spacial score (nSPS) is 11.2. The smallest absolute Gasteiger partial charge is 0.255 e. The summed E-state index contributed by atoms with van der Waals surface area (Å²) in [5.41, 5.74) is 0.210. The molecule has 0 aromatic heterocycles. The van der Waals surface area contributed by atoms with Crippen LogP contribution in [0, 0.1) is 11.6 Å². The molecule has 2 aromatic carbocycles. The third-order valence-corrected chi connectivity index (χ3v) is 5.17. The van der Waals surface area contributed by atoms with Crippen molar-refractivity contribution in [3.8, 4) is 0 Å². The second-order valence-electron chi connectivity index (χ2n) is 4.86. The highest BCUT2D eigenvalue weighted by atomic mass is 79.9. The molecule has 0 saturated carbocycles. The maximum absolute atomic E-state index is 13.9. The number of anilines is 1. The van der Waals surface area contributed by atoms with E-state index in [1.54, 1.807) is 0 Å². The quantitative estimate of drug-likeness (QED) is 0.689. The van der Waals surface area contributed by atoms with Gasteiger partial charge in [-0.15, -0.1) is 6.58 Å². The van der Waals surface area contributed by atoms with Crippen LogP contribution in [0.5, 0.6) is 0 Å². The molecule has 2 N–H and O–H groups in total. The molecule has 0 bridgehead atoms. The Kier molecular flexibility index (Phi) is 6.04. The molecule has 0 aliphatic rings. The molecule has 0 fully saturated rings. The molecule has 0 atom stereocenters. The Balaban J connectivity index is 2.32. The van der Waals surface area contributed by atoms with Gasteiger partial charge in [-0.3, -0.25) is 4.79 Å². The lowest BCUT2D eigenvalue weighted by atomic mass is 10.2. The molecule has 5 nitrogen and oxygen atoms in total. The van der Waals surface area contributed by atoms with E-state index in [4.69, 9.17) is 0 Å². The Labute approximate surface area is 151 Å². The molecule has 1 amide bonds. The predicted molar refractivity (Wildman–Crippen MR) is 93.8 cm³/mol. The van der Waals surface area contributed by atoms with Gasteiger partial charge in [0, 0.05) is 16.6 Å². The topological polar surface area (TPSA) is 75.3 Å². The van der Waals surface area contributed by atoms with Crippen molar-refractivity contribution in [3.63, 3.8) is 0 Å². The predicted octanol–water partition coefficient (Wildman–Crippen LogP) is 3.44. The van der Waals surface area contributed by atoms with Gasteiger partial charge in [-0.2, -0.15) is 0 Å². The van der Waals surface area contributed by atoms with Crippen LogP contribution in [0.3, 0.4) is 0 Å². The van der Waals surface area contributed by atoms with Crippen molar-refractivity contribution >= 4 is 37.5 Å². The van der Waals surface area contributed by atoms with Crippen LogP contribution in [0.4, 0.5) is 14.5 Å². The van der Waals surface area contributed by atoms with Gasteiger partial charge in [-0.05, 0) is 52.3 Å². The molecule has 0 saturated heterocycles. The maximum atomic E-state index is 13.9. The van der Waals surface area contributed by atoms with E-state index in [1.165, 1.54) is 12.1 Å². The second-order valence-corrected chi connectivity index (χ2v) is 7.45. The largest absolute Gasteiger partial charge is 0.321 e. The summed E-state index contributed by atoms with van der Waals surface area (Å²) in [6.45, 7) is 3.29. The first-order valence-corrected chi connectivity index (χ1v) is 9.18. The number of rotatable bonds is 6. The molecule has 0 unspecified atom stereocenters. The summed E-state index contributed by atoms with van der Waals surface area (Å²) in [5, 5.41) is 2.49. The van der Waals surface area contributed by atoms with Crippen molar-refractivity contribution < 1.29 is 22.0 Å². The van der Waals surface area contributed by atoms with Crippen molar-refractivity contribution in [1.29, 1.82) is 0 Å². The van der Waals surface area contributed by atoms with Gasteiger partial charge in [0.05, 0.1) is 5.69 Å². The van der Waals surface area contributed by atoms with Gasteiger partial charge < -0.3 is 5.32 Å². The molecule has 25 heavy (non-hydrogen) atoms. The van der Waals surface area contributed by atoms with Crippen LogP contribution in [0.2, 0.25) is 0 Å². The fourth-order valence-electron chi connectivity index (χ4n) is 1.88. The summed E-state index contributed by atoms with van der Waals surface area (Å²) in [6.07, 6.45) is 1.30. The lowest BCUT2D eigenvalue weighted by Gasteiger charge is -2.10. The SMILES string of the molecule is C=CCNS(=O)(=O)c1cc(C(=O)Nc2ccc(F)cc2Br)ccc1F. The second kappa shape index (κ2) is 7.85. The number of carbonyl (C=O) groups excluding carboxylic acids is 1. The molecule has 9 heteroatoms. The fraction of sp³-hybridized carbons (Fsp3) is 0.0625. The third kappa shape index (κ3) is 4.71. The number of hydrogen-bond acceptors (Lipinski definition) is 3. The Morgan fingerprint density at radius 1 is 1.20 bits per heavy atom.